The number of oxazole rings is 1. The number of aromatic nitrogens is 1. The maximum absolute atomic E-state index is 12.2. The van der Waals surface area contributed by atoms with E-state index in [1.165, 1.54) is 29.7 Å². The highest BCUT2D eigenvalue weighted by atomic mass is 35.5. The maximum atomic E-state index is 12.2. The molecule has 0 saturated carbocycles. The zero-order chi connectivity index (χ0) is 18.0. The summed E-state index contributed by atoms with van der Waals surface area (Å²) in [4.78, 5) is 17.0. The number of esters is 1. The van der Waals surface area contributed by atoms with Crippen LogP contribution in [-0.2, 0) is 21.4 Å². The third-order valence-electron chi connectivity index (χ3n) is 3.12. The average Bonchev–Trinajstić information content (AvgIpc) is 3.23. The lowest BCUT2D eigenvalue weighted by molar-refractivity contribution is 0.0467. The Morgan fingerprint density at radius 2 is 2.16 bits per heavy atom. The summed E-state index contributed by atoms with van der Waals surface area (Å²) in [6.07, 6.45) is 1.38. The summed E-state index contributed by atoms with van der Waals surface area (Å²) in [6.45, 7) is -0.149. The lowest BCUT2D eigenvalue weighted by Gasteiger charge is -2.06. The van der Waals surface area contributed by atoms with Crippen LogP contribution in [-0.4, -0.2) is 19.4 Å². The maximum Gasteiger partial charge on any atom is 0.340 e. The Kier molecular flexibility index (Phi) is 4.91. The van der Waals surface area contributed by atoms with Crippen molar-refractivity contribution in [3.63, 3.8) is 0 Å². The zero-order valence-electron chi connectivity index (χ0n) is 12.5. The molecule has 7 nitrogen and oxygen atoms in total. The van der Waals surface area contributed by atoms with Crippen LogP contribution in [0.4, 0.5) is 0 Å². The minimum atomic E-state index is -3.96. The molecule has 2 aromatic heterocycles. The van der Waals surface area contributed by atoms with Crippen molar-refractivity contribution in [2.24, 2.45) is 5.14 Å². The first-order valence-corrected chi connectivity index (χ1v) is 9.63. The van der Waals surface area contributed by atoms with E-state index in [4.69, 9.17) is 25.9 Å². The molecule has 0 aliphatic rings. The molecular weight excluding hydrogens is 388 g/mol. The Balaban J connectivity index is 1.73. The van der Waals surface area contributed by atoms with Gasteiger partial charge in [0, 0.05) is 0 Å². The fourth-order valence-corrected chi connectivity index (χ4v) is 3.33. The van der Waals surface area contributed by atoms with Crippen molar-refractivity contribution in [3.05, 3.63) is 58.3 Å². The Bertz CT molecular complexity index is 1010. The molecule has 0 saturated heterocycles. The molecule has 25 heavy (non-hydrogen) atoms. The normalized spacial score (nSPS) is 11.4. The van der Waals surface area contributed by atoms with Crippen LogP contribution in [0.3, 0.4) is 0 Å². The Morgan fingerprint density at radius 1 is 1.36 bits per heavy atom. The van der Waals surface area contributed by atoms with Crippen LogP contribution in [0.15, 0.2) is 51.3 Å². The van der Waals surface area contributed by atoms with Crippen molar-refractivity contribution >= 4 is 38.9 Å². The Morgan fingerprint density at radius 3 is 2.84 bits per heavy atom. The van der Waals surface area contributed by atoms with E-state index < -0.39 is 16.0 Å². The molecule has 0 radical (unpaired) electrons. The third-order valence-corrected chi connectivity index (χ3v) is 5.22. The summed E-state index contributed by atoms with van der Waals surface area (Å²) < 4.78 is 33.2. The van der Waals surface area contributed by atoms with Crippen molar-refractivity contribution in [2.75, 3.05) is 0 Å². The lowest BCUT2D eigenvalue weighted by Crippen LogP contribution is -2.14. The van der Waals surface area contributed by atoms with E-state index in [0.717, 1.165) is 10.9 Å². The Labute approximate surface area is 152 Å². The van der Waals surface area contributed by atoms with Gasteiger partial charge in [-0.15, -0.1) is 11.3 Å². The number of rotatable bonds is 5. The number of halogens is 1. The first-order chi connectivity index (χ1) is 11.8. The van der Waals surface area contributed by atoms with Crippen LogP contribution in [0.5, 0.6) is 0 Å². The van der Waals surface area contributed by atoms with Crippen molar-refractivity contribution in [1.29, 1.82) is 0 Å². The standard InChI is InChI=1S/C15H11ClN2O5S2/c16-12-4-3-10(25(17,20)21)6-11(12)15(19)23-8-9-7-22-14(18-9)13-2-1-5-24-13/h1-7H,8H2,(H2,17,20,21). The van der Waals surface area contributed by atoms with Gasteiger partial charge in [-0.05, 0) is 29.6 Å². The van der Waals surface area contributed by atoms with Gasteiger partial charge in [0.25, 0.3) is 0 Å². The van der Waals surface area contributed by atoms with Gasteiger partial charge in [0.15, 0.2) is 0 Å². The number of ether oxygens (including phenoxy) is 1. The molecule has 3 rings (SSSR count). The molecule has 130 valence electrons. The zero-order valence-corrected chi connectivity index (χ0v) is 14.9. The third kappa shape index (κ3) is 4.07. The van der Waals surface area contributed by atoms with E-state index in [1.807, 2.05) is 17.5 Å². The van der Waals surface area contributed by atoms with Crippen LogP contribution >= 0.6 is 22.9 Å². The number of primary sulfonamides is 1. The quantitative estimate of drug-likeness (QED) is 0.661. The van der Waals surface area contributed by atoms with Crippen molar-refractivity contribution < 1.29 is 22.4 Å². The molecule has 10 heteroatoms. The van der Waals surface area contributed by atoms with Gasteiger partial charge in [-0.25, -0.2) is 23.3 Å². The van der Waals surface area contributed by atoms with E-state index in [-0.39, 0.29) is 22.1 Å². The molecule has 0 unspecified atom stereocenters. The average molecular weight is 399 g/mol. The second-order valence-electron chi connectivity index (χ2n) is 4.88. The van der Waals surface area contributed by atoms with Crippen LogP contribution in [0.2, 0.25) is 5.02 Å². The number of thiophene rings is 1. The monoisotopic (exact) mass is 398 g/mol. The smallest absolute Gasteiger partial charge is 0.340 e. The highest BCUT2D eigenvalue weighted by Crippen LogP contribution is 2.24. The summed E-state index contributed by atoms with van der Waals surface area (Å²) in [5, 5.41) is 6.99. The number of carbonyl (C=O) groups excluding carboxylic acids is 1. The summed E-state index contributed by atoms with van der Waals surface area (Å²) in [5.41, 5.74) is 0.311. The topological polar surface area (TPSA) is 112 Å². The fourth-order valence-electron chi connectivity index (χ4n) is 1.94. The second kappa shape index (κ2) is 6.96. The summed E-state index contributed by atoms with van der Waals surface area (Å²) in [5.74, 6) is -0.369. The predicted octanol–water partition coefficient (Wildman–Crippen LogP) is 3.06. The van der Waals surface area contributed by atoms with Gasteiger partial charge >= 0.3 is 5.97 Å². The minimum Gasteiger partial charge on any atom is -0.455 e. The van der Waals surface area contributed by atoms with Crippen LogP contribution < -0.4 is 5.14 Å². The molecule has 0 aliphatic carbocycles. The molecule has 3 aromatic rings. The molecule has 0 atom stereocenters. The van der Waals surface area contributed by atoms with E-state index in [1.54, 1.807) is 0 Å². The Hall–Kier alpha value is -2.20. The second-order valence-corrected chi connectivity index (χ2v) is 7.80. The number of sulfonamides is 1. The molecule has 1 aromatic carbocycles. The summed E-state index contributed by atoms with van der Waals surface area (Å²) in [6, 6.07) is 7.26. The number of benzene rings is 1. The van der Waals surface area contributed by atoms with Gasteiger partial charge < -0.3 is 9.15 Å². The highest BCUT2D eigenvalue weighted by molar-refractivity contribution is 7.89. The molecule has 0 spiro atoms. The summed E-state index contributed by atoms with van der Waals surface area (Å²) >= 11 is 7.39. The molecule has 0 amide bonds. The van der Waals surface area contributed by atoms with E-state index in [2.05, 4.69) is 4.98 Å². The number of hydrogen-bond donors (Lipinski definition) is 1. The van der Waals surface area contributed by atoms with Crippen LogP contribution in [0.25, 0.3) is 10.8 Å². The first-order valence-electron chi connectivity index (χ1n) is 6.82. The predicted molar refractivity (Wildman–Crippen MR) is 91.8 cm³/mol. The molecule has 2 N–H and O–H groups in total. The van der Waals surface area contributed by atoms with Gasteiger partial charge in [0.2, 0.25) is 15.9 Å². The van der Waals surface area contributed by atoms with Crippen LogP contribution in [0.1, 0.15) is 16.1 Å². The van der Waals surface area contributed by atoms with E-state index in [9.17, 15) is 13.2 Å². The number of carbonyl (C=O) groups is 1. The van der Waals surface area contributed by atoms with Crippen molar-refractivity contribution in [3.8, 4) is 10.8 Å². The van der Waals surface area contributed by atoms with Crippen molar-refractivity contribution in [1.82, 2.24) is 4.98 Å². The van der Waals surface area contributed by atoms with Crippen molar-refractivity contribution in [2.45, 2.75) is 11.5 Å². The number of hydrogen-bond acceptors (Lipinski definition) is 7. The van der Waals surface area contributed by atoms with Gasteiger partial charge in [0.1, 0.15) is 18.6 Å². The molecular formula is C15H11ClN2O5S2. The fraction of sp³-hybridized carbons (Fsp3) is 0.0667. The van der Waals surface area contributed by atoms with Gasteiger partial charge in [-0.2, -0.15) is 0 Å². The van der Waals surface area contributed by atoms with Crippen LogP contribution in [0, 0.1) is 0 Å². The highest BCUT2D eigenvalue weighted by Gasteiger charge is 2.18. The molecule has 0 fully saturated rings. The van der Waals surface area contributed by atoms with E-state index in [0.29, 0.717) is 11.6 Å². The van der Waals surface area contributed by atoms with Gasteiger partial charge in [-0.3, -0.25) is 0 Å². The van der Waals surface area contributed by atoms with E-state index >= 15 is 0 Å². The largest absolute Gasteiger partial charge is 0.455 e. The molecule has 0 bridgehead atoms. The minimum absolute atomic E-state index is 0.0526. The molecule has 2 heterocycles. The summed E-state index contributed by atoms with van der Waals surface area (Å²) in [7, 11) is -3.96. The number of nitrogens with zero attached hydrogens (tertiary/aromatic N) is 1. The lowest BCUT2D eigenvalue weighted by atomic mass is 10.2. The molecule has 0 aliphatic heterocycles. The SMILES string of the molecule is NS(=O)(=O)c1ccc(Cl)c(C(=O)OCc2coc(-c3cccs3)n2)c1. The van der Waals surface area contributed by atoms with Gasteiger partial charge in [0.05, 0.1) is 20.4 Å². The first kappa shape index (κ1) is 17.6. The van der Waals surface area contributed by atoms with Gasteiger partial charge in [-0.1, -0.05) is 17.7 Å². The number of nitrogens with two attached hydrogens (primary N) is 1.